The molecule has 0 bridgehead atoms. The van der Waals surface area contributed by atoms with E-state index in [4.69, 9.17) is 0 Å². The number of fused-ring (bicyclic) bond motifs is 1. The molecule has 1 aliphatic heterocycles. The minimum atomic E-state index is -0.152. The van der Waals surface area contributed by atoms with E-state index in [1.165, 1.54) is 0 Å². The van der Waals surface area contributed by atoms with Gasteiger partial charge in [-0.05, 0) is 51.0 Å². The number of carbonyl (C=O) groups excluding carboxylic acids is 1. The highest BCUT2D eigenvalue weighted by Crippen LogP contribution is 2.32. The van der Waals surface area contributed by atoms with Crippen molar-refractivity contribution >= 4 is 29.0 Å². The number of nitrogens with one attached hydrogen (secondary N) is 1. The molecule has 0 fully saturated rings. The molecule has 3 rings (SSSR count). The summed E-state index contributed by atoms with van der Waals surface area (Å²) in [5.41, 5.74) is 3.80. The van der Waals surface area contributed by atoms with E-state index < -0.39 is 0 Å². The summed E-state index contributed by atoms with van der Waals surface area (Å²) in [6.07, 6.45) is 2.03. The molecule has 1 unspecified atom stereocenters. The fraction of sp³-hybridized carbons (Fsp3) is 0.500. The van der Waals surface area contributed by atoms with Crippen LogP contribution in [-0.2, 0) is 11.2 Å². The van der Waals surface area contributed by atoms with E-state index in [1.807, 2.05) is 19.1 Å². The highest BCUT2D eigenvalue weighted by atomic mass is 32.2. The molecule has 7 heteroatoms. The van der Waals surface area contributed by atoms with Gasteiger partial charge in [-0.15, -0.1) is 0 Å². The number of anilines is 2. The van der Waals surface area contributed by atoms with Crippen molar-refractivity contribution in [1.29, 1.82) is 0 Å². The van der Waals surface area contributed by atoms with Crippen molar-refractivity contribution in [3.63, 3.8) is 0 Å². The quantitative estimate of drug-likeness (QED) is 0.661. The summed E-state index contributed by atoms with van der Waals surface area (Å²) in [5, 5.41) is 3.75. The van der Waals surface area contributed by atoms with Crippen molar-refractivity contribution in [1.82, 2.24) is 9.55 Å². The van der Waals surface area contributed by atoms with Crippen LogP contribution in [0.3, 0.4) is 0 Å². The fourth-order valence-electron chi connectivity index (χ4n) is 3.72. The van der Waals surface area contributed by atoms with Crippen LogP contribution < -0.4 is 15.8 Å². The van der Waals surface area contributed by atoms with E-state index >= 15 is 0 Å². The van der Waals surface area contributed by atoms with Gasteiger partial charge < -0.3 is 10.2 Å². The maximum absolute atomic E-state index is 12.7. The van der Waals surface area contributed by atoms with Crippen LogP contribution in [0.2, 0.25) is 0 Å². The summed E-state index contributed by atoms with van der Waals surface area (Å²) in [4.78, 5) is 32.1. The molecule has 0 saturated heterocycles. The van der Waals surface area contributed by atoms with Crippen LogP contribution >= 0.6 is 11.8 Å². The van der Waals surface area contributed by atoms with Crippen LogP contribution in [0.1, 0.15) is 50.9 Å². The molecule has 0 radical (unpaired) electrons. The number of hydrogen-bond acceptors (Lipinski definition) is 5. The molecule has 1 aliphatic rings. The van der Waals surface area contributed by atoms with Gasteiger partial charge in [-0.1, -0.05) is 25.1 Å². The third-order valence-electron chi connectivity index (χ3n) is 5.28. The summed E-state index contributed by atoms with van der Waals surface area (Å²) in [7, 11) is 0. The molecule has 1 aromatic carbocycles. The zero-order chi connectivity index (χ0) is 21.0. The Balaban J connectivity index is 1.69. The lowest BCUT2D eigenvalue weighted by molar-refractivity contribution is -0.116. The minimum absolute atomic E-state index is 0.0546. The second-order valence-electron chi connectivity index (χ2n) is 7.38. The Bertz CT molecular complexity index is 937. The van der Waals surface area contributed by atoms with Crippen LogP contribution in [0, 0.1) is 6.92 Å². The third kappa shape index (κ3) is 4.83. The zero-order valence-corrected chi connectivity index (χ0v) is 18.5. The Morgan fingerprint density at radius 3 is 2.69 bits per heavy atom. The summed E-state index contributed by atoms with van der Waals surface area (Å²) in [6.45, 7) is 10.2. The largest absolute Gasteiger partial charge is 0.372 e. The average molecular weight is 415 g/mol. The molecule has 1 aromatic heterocycles. The standard InChI is InChI=1S/C22H30N4O2S/c1-5-8-16-12-21(28)26-18(14-29-22(26)23-16)13-20(27)24-19-10-9-17(11-15(19)4)25(6-2)7-3/h9-12,18H,5-8,13-14H2,1-4H3,(H,24,27). The van der Waals surface area contributed by atoms with E-state index in [-0.39, 0.29) is 23.9 Å². The highest BCUT2D eigenvalue weighted by Gasteiger charge is 2.27. The molecule has 6 nitrogen and oxygen atoms in total. The van der Waals surface area contributed by atoms with E-state index in [0.717, 1.165) is 53.7 Å². The Labute approximate surface area is 176 Å². The minimum Gasteiger partial charge on any atom is -0.372 e. The number of benzene rings is 1. The SMILES string of the molecule is CCCc1cc(=O)n2c(n1)SCC2CC(=O)Nc1ccc(N(CC)CC)cc1C. The molecular weight excluding hydrogens is 384 g/mol. The van der Waals surface area contributed by atoms with Crippen molar-refractivity contribution in [2.45, 2.75) is 58.2 Å². The molecule has 0 spiro atoms. The predicted octanol–water partition coefficient (Wildman–Crippen LogP) is 4.03. The number of thioether (sulfide) groups is 1. The smallest absolute Gasteiger partial charge is 0.254 e. The molecule has 1 atom stereocenters. The Morgan fingerprint density at radius 2 is 2.03 bits per heavy atom. The monoisotopic (exact) mass is 414 g/mol. The van der Waals surface area contributed by atoms with Crippen molar-refractivity contribution in [3.8, 4) is 0 Å². The van der Waals surface area contributed by atoms with Gasteiger partial charge >= 0.3 is 0 Å². The van der Waals surface area contributed by atoms with Crippen LogP contribution in [0.5, 0.6) is 0 Å². The number of rotatable bonds is 8. The summed E-state index contributed by atoms with van der Waals surface area (Å²) in [6, 6.07) is 7.57. The second-order valence-corrected chi connectivity index (χ2v) is 8.36. The first-order valence-corrected chi connectivity index (χ1v) is 11.4. The molecule has 0 saturated carbocycles. The van der Waals surface area contributed by atoms with Gasteiger partial charge in [0, 0.05) is 48.4 Å². The van der Waals surface area contributed by atoms with Gasteiger partial charge in [-0.25, -0.2) is 4.98 Å². The van der Waals surface area contributed by atoms with Gasteiger partial charge in [0.05, 0.1) is 6.04 Å². The van der Waals surface area contributed by atoms with Crippen LogP contribution in [0.4, 0.5) is 11.4 Å². The predicted molar refractivity (Wildman–Crippen MR) is 120 cm³/mol. The summed E-state index contributed by atoms with van der Waals surface area (Å²) < 4.78 is 1.68. The first-order chi connectivity index (χ1) is 14.0. The maximum atomic E-state index is 12.7. The van der Waals surface area contributed by atoms with Gasteiger partial charge in [-0.2, -0.15) is 0 Å². The van der Waals surface area contributed by atoms with Crippen molar-refractivity contribution in [2.75, 3.05) is 29.1 Å². The molecule has 0 aliphatic carbocycles. The Morgan fingerprint density at radius 1 is 1.28 bits per heavy atom. The molecule has 2 heterocycles. The van der Waals surface area contributed by atoms with E-state index in [1.54, 1.807) is 22.4 Å². The van der Waals surface area contributed by atoms with Crippen LogP contribution in [-0.4, -0.2) is 34.3 Å². The lowest BCUT2D eigenvalue weighted by Gasteiger charge is -2.22. The van der Waals surface area contributed by atoms with Gasteiger partial charge in [0.15, 0.2) is 5.16 Å². The first-order valence-electron chi connectivity index (χ1n) is 10.4. The molecule has 1 amide bonds. The number of hydrogen-bond donors (Lipinski definition) is 1. The maximum Gasteiger partial charge on any atom is 0.254 e. The Kier molecular flexibility index (Phi) is 7.00. The van der Waals surface area contributed by atoms with Crippen LogP contribution in [0.15, 0.2) is 34.2 Å². The summed E-state index contributed by atoms with van der Waals surface area (Å²) >= 11 is 1.56. The van der Waals surface area contributed by atoms with E-state index in [0.29, 0.717) is 5.75 Å². The Hall–Kier alpha value is -2.28. The lowest BCUT2D eigenvalue weighted by Crippen LogP contribution is -2.28. The lowest BCUT2D eigenvalue weighted by atomic mass is 10.1. The molecule has 156 valence electrons. The number of aryl methyl sites for hydroxylation is 2. The second kappa shape index (κ2) is 9.48. The average Bonchev–Trinajstić information content (AvgIpc) is 3.08. The fourth-order valence-corrected chi connectivity index (χ4v) is 4.89. The van der Waals surface area contributed by atoms with Crippen LogP contribution in [0.25, 0.3) is 0 Å². The number of aromatic nitrogens is 2. The van der Waals surface area contributed by atoms with E-state index in [2.05, 4.69) is 42.0 Å². The first kappa shape index (κ1) is 21.4. The highest BCUT2D eigenvalue weighted by molar-refractivity contribution is 7.99. The normalized spacial score (nSPS) is 15.2. The van der Waals surface area contributed by atoms with Gasteiger partial charge in [-0.3, -0.25) is 14.2 Å². The number of amides is 1. The summed E-state index contributed by atoms with van der Waals surface area (Å²) in [5.74, 6) is 0.622. The molecule has 2 aromatic rings. The number of carbonyl (C=O) groups is 1. The molecule has 1 N–H and O–H groups in total. The topological polar surface area (TPSA) is 67.2 Å². The van der Waals surface area contributed by atoms with Gasteiger partial charge in [0.2, 0.25) is 5.91 Å². The number of nitrogens with zero attached hydrogens (tertiary/aromatic N) is 3. The molecular formula is C22H30N4O2S. The van der Waals surface area contributed by atoms with Gasteiger partial charge in [0.1, 0.15) is 0 Å². The molecule has 29 heavy (non-hydrogen) atoms. The third-order valence-corrected chi connectivity index (χ3v) is 6.38. The van der Waals surface area contributed by atoms with Crippen molar-refractivity contribution in [3.05, 3.63) is 45.9 Å². The van der Waals surface area contributed by atoms with Crippen molar-refractivity contribution in [2.24, 2.45) is 0 Å². The van der Waals surface area contributed by atoms with E-state index in [9.17, 15) is 9.59 Å². The van der Waals surface area contributed by atoms with Crippen molar-refractivity contribution < 1.29 is 4.79 Å². The van der Waals surface area contributed by atoms with Gasteiger partial charge in [0.25, 0.3) is 5.56 Å². The zero-order valence-electron chi connectivity index (χ0n) is 17.7.